The van der Waals surface area contributed by atoms with Crippen LogP contribution in [0.25, 0.3) is 20.7 Å². The number of ether oxygens (including phenoxy) is 1. The van der Waals surface area contributed by atoms with Gasteiger partial charge in [-0.05, 0) is 30.7 Å². The van der Waals surface area contributed by atoms with Crippen molar-refractivity contribution in [1.29, 1.82) is 0 Å². The number of fused-ring (bicyclic) bond motifs is 1. The van der Waals surface area contributed by atoms with Crippen molar-refractivity contribution in [1.82, 2.24) is 20.2 Å². The molecule has 0 spiro atoms. The van der Waals surface area contributed by atoms with Gasteiger partial charge in [0, 0.05) is 28.4 Å². The second-order valence-electron chi connectivity index (χ2n) is 7.48. The first-order chi connectivity index (χ1) is 14.9. The number of hydrogen-bond acceptors (Lipinski definition) is 7. The van der Waals surface area contributed by atoms with Crippen LogP contribution in [0.3, 0.4) is 0 Å². The van der Waals surface area contributed by atoms with Crippen LogP contribution in [0.4, 0.5) is 4.79 Å². The van der Waals surface area contributed by atoms with E-state index in [9.17, 15) is 14.4 Å². The fourth-order valence-electron chi connectivity index (χ4n) is 3.24. The molecule has 0 aliphatic rings. The van der Waals surface area contributed by atoms with Gasteiger partial charge in [-0.1, -0.05) is 19.9 Å². The number of thiophene rings is 2. The number of carbonyl (C=O) groups is 2. The van der Waals surface area contributed by atoms with Crippen LogP contribution >= 0.6 is 22.7 Å². The van der Waals surface area contributed by atoms with Crippen molar-refractivity contribution in [3.63, 3.8) is 0 Å². The Morgan fingerprint density at radius 2 is 2.10 bits per heavy atom. The van der Waals surface area contributed by atoms with Crippen molar-refractivity contribution < 1.29 is 14.3 Å². The maximum absolute atomic E-state index is 13.0. The first-order valence-electron chi connectivity index (χ1n) is 10.1. The molecule has 2 N–H and O–H groups in total. The van der Waals surface area contributed by atoms with Crippen LogP contribution in [-0.4, -0.2) is 40.7 Å². The van der Waals surface area contributed by atoms with Gasteiger partial charge in [-0.15, -0.1) is 22.7 Å². The van der Waals surface area contributed by atoms with Gasteiger partial charge >= 0.3 is 6.09 Å². The van der Waals surface area contributed by atoms with E-state index >= 15 is 0 Å². The van der Waals surface area contributed by atoms with Crippen LogP contribution in [0.1, 0.15) is 27.2 Å². The summed E-state index contributed by atoms with van der Waals surface area (Å²) < 4.78 is 6.25. The van der Waals surface area contributed by atoms with Gasteiger partial charge in [-0.2, -0.15) is 0 Å². The molecule has 3 rings (SSSR count). The molecule has 0 radical (unpaired) electrons. The molecule has 3 aromatic rings. The molecule has 0 aliphatic heterocycles. The molecule has 3 heterocycles. The molecule has 10 heteroatoms. The number of alkyl carbamates (subject to hydrolysis) is 1. The Morgan fingerprint density at radius 1 is 1.29 bits per heavy atom. The average Bonchev–Trinajstić information content (AvgIpc) is 3.37. The van der Waals surface area contributed by atoms with E-state index in [4.69, 9.17) is 4.74 Å². The first-order valence-corrected chi connectivity index (χ1v) is 11.9. The zero-order valence-corrected chi connectivity index (χ0v) is 19.3. The fourth-order valence-corrected chi connectivity index (χ4v) is 4.96. The summed E-state index contributed by atoms with van der Waals surface area (Å²) in [6.45, 7) is 6.19. The molecule has 0 saturated carbocycles. The highest BCUT2D eigenvalue weighted by molar-refractivity contribution is 7.18. The number of rotatable bonds is 9. The average molecular weight is 463 g/mol. The molecule has 1 unspecified atom stereocenters. The summed E-state index contributed by atoms with van der Waals surface area (Å²) in [5.74, 6) is 0.00267. The minimum Gasteiger partial charge on any atom is -0.450 e. The third kappa shape index (κ3) is 5.92. The molecule has 0 saturated heterocycles. The van der Waals surface area contributed by atoms with Crippen molar-refractivity contribution in [3.05, 3.63) is 39.6 Å². The van der Waals surface area contributed by atoms with Crippen molar-refractivity contribution in [2.45, 2.75) is 39.8 Å². The van der Waals surface area contributed by atoms with Crippen LogP contribution in [0.15, 0.2) is 34.0 Å². The summed E-state index contributed by atoms with van der Waals surface area (Å²) in [7, 11) is 0. The summed E-state index contributed by atoms with van der Waals surface area (Å²) in [4.78, 5) is 43.3. The summed E-state index contributed by atoms with van der Waals surface area (Å²) in [6, 6.07) is 3.63. The number of aromatic nitrogens is 2. The Kier molecular flexibility index (Phi) is 7.80. The van der Waals surface area contributed by atoms with Gasteiger partial charge in [0.15, 0.2) is 0 Å². The smallest absolute Gasteiger partial charge is 0.407 e. The van der Waals surface area contributed by atoms with Gasteiger partial charge in [0.05, 0.1) is 18.3 Å². The Labute approximate surface area is 188 Å². The minimum atomic E-state index is -0.508. The number of nitrogens with one attached hydrogen (secondary N) is 2. The van der Waals surface area contributed by atoms with E-state index in [1.165, 1.54) is 22.2 Å². The molecule has 31 heavy (non-hydrogen) atoms. The zero-order valence-electron chi connectivity index (χ0n) is 17.7. The second kappa shape index (κ2) is 10.5. The van der Waals surface area contributed by atoms with Gasteiger partial charge < -0.3 is 15.4 Å². The third-order valence-electron chi connectivity index (χ3n) is 4.56. The molecule has 0 bridgehead atoms. The van der Waals surface area contributed by atoms with Gasteiger partial charge in [0.1, 0.15) is 11.4 Å². The quantitative estimate of drug-likeness (QED) is 0.507. The van der Waals surface area contributed by atoms with E-state index < -0.39 is 6.09 Å². The van der Waals surface area contributed by atoms with Crippen molar-refractivity contribution in [3.8, 4) is 10.4 Å². The van der Waals surface area contributed by atoms with Gasteiger partial charge in [-0.3, -0.25) is 14.2 Å². The van der Waals surface area contributed by atoms with Crippen LogP contribution in [0, 0.1) is 5.92 Å². The van der Waals surface area contributed by atoms with E-state index in [-0.39, 0.29) is 37.2 Å². The maximum atomic E-state index is 13.0. The molecule has 3 aromatic heterocycles. The zero-order chi connectivity index (χ0) is 22.4. The minimum absolute atomic E-state index is 0.144. The predicted molar refractivity (Wildman–Crippen MR) is 124 cm³/mol. The number of hydrogen-bond donors (Lipinski definition) is 2. The summed E-state index contributed by atoms with van der Waals surface area (Å²) >= 11 is 2.97. The van der Waals surface area contributed by atoms with Crippen molar-refractivity contribution in [2.24, 2.45) is 5.92 Å². The Bertz CT molecular complexity index is 1090. The standard InChI is InChI=1S/C21H26N4O4S2/c1-4-29-21(28)24-14(8-13(2)3)9-22-17(26)10-25-12-23-19-18(20(25)27)15(11-31-19)16-6-5-7-30-16/h5-7,11-14H,4,8-10H2,1-3H3,(H,22,26)(H,24,28). The third-order valence-corrected chi connectivity index (χ3v) is 6.35. The van der Waals surface area contributed by atoms with Crippen LogP contribution in [-0.2, 0) is 16.1 Å². The summed E-state index contributed by atoms with van der Waals surface area (Å²) in [6.07, 6.45) is 1.58. The molecule has 0 aromatic carbocycles. The van der Waals surface area contributed by atoms with Gasteiger partial charge in [-0.25, -0.2) is 9.78 Å². The first kappa shape index (κ1) is 23.0. The van der Waals surface area contributed by atoms with E-state index in [2.05, 4.69) is 15.6 Å². The Hall–Kier alpha value is -2.72. The lowest BCUT2D eigenvalue weighted by Gasteiger charge is -2.20. The second-order valence-corrected chi connectivity index (χ2v) is 9.29. The molecule has 8 nitrogen and oxygen atoms in total. The van der Waals surface area contributed by atoms with Crippen molar-refractivity contribution >= 4 is 44.9 Å². The normalized spacial score (nSPS) is 12.1. The molecule has 2 amide bonds. The fraction of sp³-hybridized carbons (Fsp3) is 0.429. The number of nitrogens with zero attached hydrogens (tertiary/aromatic N) is 2. The topological polar surface area (TPSA) is 102 Å². The van der Waals surface area contributed by atoms with Crippen LogP contribution in [0.5, 0.6) is 0 Å². The molecule has 166 valence electrons. The van der Waals surface area contributed by atoms with E-state index in [0.29, 0.717) is 22.6 Å². The van der Waals surface area contributed by atoms with E-state index in [1.54, 1.807) is 18.3 Å². The predicted octanol–water partition coefficient (Wildman–Crippen LogP) is 3.46. The maximum Gasteiger partial charge on any atom is 0.407 e. The lowest BCUT2D eigenvalue weighted by atomic mass is 10.0. The highest BCUT2D eigenvalue weighted by Crippen LogP contribution is 2.33. The van der Waals surface area contributed by atoms with Crippen molar-refractivity contribution in [2.75, 3.05) is 13.2 Å². The number of carbonyl (C=O) groups excluding carboxylic acids is 2. The molecule has 1 atom stereocenters. The summed E-state index contributed by atoms with van der Waals surface area (Å²) in [5, 5.41) is 9.99. The Morgan fingerprint density at radius 3 is 2.77 bits per heavy atom. The molecule has 0 fully saturated rings. The lowest BCUT2D eigenvalue weighted by molar-refractivity contribution is -0.121. The van der Waals surface area contributed by atoms with Gasteiger partial charge in [0.25, 0.3) is 5.56 Å². The number of amides is 2. The van der Waals surface area contributed by atoms with E-state index in [0.717, 1.165) is 10.4 Å². The lowest BCUT2D eigenvalue weighted by Crippen LogP contribution is -2.45. The van der Waals surface area contributed by atoms with Gasteiger partial charge in [0.2, 0.25) is 5.91 Å². The summed E-state index contributed by atoms with van der Waals surface area (Å²) in [5.41, 5.74) is 0.603. The van der Waals surface area contributed by atoms with E-state index in [1.807, 2.05) is 36.7 Å². The van der Waals surface area contributed by atoms with Crippen LogP contribution < -0.4 is 16.2 Å². The van der Waals surface area contributed by atoms with Crippen LogP contribution in [0.2, 0.25) is 0 Å². The highest BCUT2D eigenvalue weighted by Gasteiger charge is 2.18. The highest BCUT2D eigenvalue weighted by atomic mass is 32.1. The monoisotopic (exact) mass is 462 g/mol. The molecular weight excluding hydrogens is 436 g/mol. The Balaban J connectivity index is 1.69. The SMILES string of the molecule is CCOC(=O)NC(CNC(=O)Cn1cnc2scc(-c3cccs3)c2c1=O)CC(C)C. The largest absolute Gasteiger partial charge is 0.450 e. The molecule has 0 aliphatic carbocycles. The molecular formula is C21H26N4O4S2.